The Morgan fingerprint density at radius 3 is 2.79 bits per heavy atom. The van der Waals surface area contributed by atoms with Gasteiger partial charge in [0.05, 0.1) is 11.8 Å². The number of rotatable bonds is 2. The SMILES string of the molecule is CC(=NNC1=NC(C)CC(C)N1)c1ccccc1C. The molecule has 0 aliphatic carbocycles. The predicted molar refractivity (Wildman–Crippen MR) is 80.6 cm³/mol. The summed E-state index contributed by atoms with van der Waals surface area (Å²) in [5.74, 6) is 0.763. The zero-order chi connectivity index (χ0) is 13.8. The second-order valence-corrected chi connectivity index (χ2v) is 5.23. The molecule has 0 radical (unpaired) electrons. The normalized spacial score (nSPS) is 23.6. The standard InChI is InChI=1S/C15H22N4/c1-10-7-5-6-8-14(10)13(4)18-19-15-16-11(2)9-12(3)17-15/h5-8,11-12H,9H2,1-4H3,(H2,16,17,19). The fourth-order valence-corrected chi connectivity index (χ4v) is 2.35. The van der Waals surface area contributed by atoms with Crippen molar-refractivity contribution in [1.82, 2.24) is 10.7 Å². The molecule has 4 nitrogen and oxygen atoms in total. The summed E-state index contributed by atoms with van der Waals surface area (Å²) in [7, 11) is 0. The van der Waals surface area contributed by atoms with Crippen molar-refractivity contribution in [1.29, 1.82) is 0 Å². The molecule has 2 N–H and O–H groups in total. The molecular weight excluding hydrogens is 236 g/mol. The van der Waals surface area contributed by atoms with Gasteiger partial charge in [-0.25, -0.2) is 10.4 Å². The second-order valence-electron chi connectivity index (χ2n) is 5.23. The number of nitrogens with zero attached hydrogens (tertiary/aromatic N) is 2. The molecule has 0 aromatic heterocycles. The maximum Gasteiger partial charge on any atom is 0.212 e. The maximum atomic E-state index is 4.51. The van der Waals surface area contributed by atoms with Crippen LogP contribution in [0.1, 0.15) is 38.3 Å². The molecule has 2 unspecified atom stereocenters. The fraction of sp³-hybridized carbons (Fsp3) is 0.467. The zero-order valence-electron chi connectivity index (χ0n) is 12.1. The van der Waals surface area contributed by atoms with Crippen LogP contribution in [0.3, 0.4) is 0 Å². The molecular formula is C15H22N4. The van der Waals surface area contributed by atoms with Crippen LogP contribution >= 0.6 is 0 Å². The average molecular weight is 258 g/mol. The first-order valence-electron chi connectivity index (χ1n) is 6.77. The largest absolute Gasteiger partial charge is 0.352 e. The number of nitrogens with one attached hydrogen (secondary N) is 2. The molecule has 0 saturated carbocycles. The van der Waals surface area contributed by atoms with Crippen LogP contribution < -0.4 is 10.7 Å². The minimum Gasteiger partial charge on any atom is -0.352 e. The van der Waals surface area contributed by atoms with Gasteiger partial charge < -0.3 is 5.32 Å². The molecule has 1 aromatic carbocycles. The van der Waals surface area contributed by atoms with E-state index in [1.165, 1.54) is 5.56 Å². The summed E-state index contributed by atoms with van der Waals surface area (Å²) >= 11 is 0. The number of hydrogen-bond acceptors (Lipinski definition) is 4. The fourth-order valence-electron chi connectivity index (χ4n) is 2.35. The first-order valence-corrected chi connectivity index (χ1v) is 6.77. The number of hydrazone groups is 1. The molecule has 1 aliphatic rings. The van der Waals surface area contributed by atoms with E-state index >= 15 is 0 Å². The number of aryl methyl sites for hydroxylation is 1. The van der Waals surface area contributed by atoms with E-state index in [9.17, 15) is 0 Å². The van der Waals surface area contributed by atoms with Gasteiger partial charge in [0.2, 0.25) is 5.96 Å². The Hall–Kier alpha value is -1.84. The lowest BCUT2D eigenvalue weighted by Crippen LogP contribution is -2.45. The highest BCUT2D eigenvalue weighted by molar-refractivity contribution is 6.00. The van der Waals surface area contributed by atoms with Crippen molar-refractivity contribution < 1.29 is 0 Å². The Morgan fingerprint density at radius 1 is 1.37 bits per heavy atom. The summed E-state index contributed by atoms with van der Waals surface area (Å²) in [5, 5.41) is 7.72. The number of aliphatic imine (C=N–C) groups is 1. The van der Waals surface area contributed by atoms with Gasteiger partial charge in [-0.2, -0.15) is 5.10 Å². The summed E-state index contributed by atoms with van der Waals surface area (Å²) < 4.78 is 0. The van der Waals surface area contributed by atoms with Crippen LogP contribution in [0.2, 0.25) is 0 Å². The smallest absolute Gasteiger partial charge is 0.212 e. The zero-order valence-corrected chi connectivity index (χ0v) is 12.1. The lowest BCUT2D eigenvalue weighted by molar-refractivity contribution is 0.502. The molecule has 1 aromatic rings. The number of hydrogen-bond donors (Lipinski definition) is 2. The summed E-state index contributed by atoms with van der Waals surface area (Å²) in [4.78, 5) is 4.51. The molecule has 0 amide bonds. The van der Waals surface area contributed by atoms with Gasteiger partial charge in [0, 0.05) is 11.6 Å². The first kappa shape index (κ1) is 13.6. The maximum absolute atomic E-state index is 4.51. The van der Waals surface area contributed by atoms with E-state index in [2.05, 4.69) is 53.7 Å². The molecule has 2 atom stereocenters. The van der Waals surface area contributed by atoms with Crippen molar-refractivity contribution in [3.63, 3.8) is 0 Å². The molecule has 4 heteroatoms. The Balaban J connectivity index is 2.09. The summed E-state index contributed by atoms with van der Waals surface area (Å²) in [5.41, 5.74) is 6.39. The van der Waals surface area contributed by atoms with Crippen LogP contribution in [-0.4, -0.2) is 23.8 Å². The topological polar surface area (TPSA) is 48.8 Å². The van der Waals surface area contributed by atoms with Gasteiger partial charge >= 0.3 is 0 Å². The minimum absolute atomic E-state index is 0.340. The van der Waals surface area contributed by atoms with Crippen LogP contribution in [0.4, 0.5) is 0 Å². The molecule has 1 aliphatic heterocycles. The second kappa shape index (κ2) is 5.87. The van der Waals surface area contributed by atoms with Crippen molar-refractivity contribution in [2.75, 3.05) is 0 Å². The van der Waals surface area contributed by atoms with Crippen LogP contribution in [0.5, 0.6) is 0 Å². The highest BCUT2D eigenvalue weighted by Crippen LogP contribution is 2.09. The monoisotopic (exact) mass is 258 g/mol. The third-order valence-corrected chi connectivity index (χ3v) is 3.29. The van der Waals surface area contributed by atoms with Gasteiger partial charge in [0.1, 0.15) is 0 Å². The molecule has 0 bridgehead atoms. The molecule has 0 spiro atoms. The van der Waals surface area contributed by atoms with Crippen molar-refractivity contribution in [3.05, 3.63) is 35.4 Å². The highest BCUT2D eigenvalue weighted by atomic mass is 15.4. The van der Waals surface area contributed by atoms with Gasteiger partial charge in [-0.3, -0.25) is 0 Å². The molecule has 0 saturated heterocycles. The highest BCUT2D eigenvalue weighted by Gasteiger charge is 2.15. The molecule has 102 valence electrons. The number of guanidine groups is 1. The summed E-state index contributed by atoms with van der Waals surface area (Å²) in [6, 6.07) is 9.01. The van der Waals surface area contributed by atoms with Crippen LogP contribution in [0.25, 0.3) is 0 Å². The molecule has 1 heterocycles. The van der Waals surface area contributed by atoms with Crippen LogP contribution in [0.15, 0.2) is 34.4 Å². The summed E-state index contributed by atoms with van der Waals surface area (Å²) in [6.45, 7) is 8.38. The van der Waals surface area contributed by atoms with E-state index in [1.807, 2.05) is 19.1 Å². The van der Waals surface area contributed by atoms with Crippen molar-refractivity contribution in [2.45, 2.75) is 46.2 Å². The van der Waals surface area contributed by atoms with E-state index < -0.39 is 0 Å². The summed E-state index contributed by atoms with van der Waals surface area (Å²) in [6.07, 6.45) is 1.06. The lowest BCUT2D eigenvalue weighted by atomic mass is 10.1. The van der Waals surface area contributed by atoms with Crippen LogP contribution in [0, 0.1) is 6.92 Å². The van der Waals surface area contributed by atoms with Gasteiger partial charge in [-0.05, 0) is 39.7 Å². The number of benzene rings is 1. The van der Waals surface area contributed by atoms with Crippen molar-refractivity contribution in [2.24, 2.45) is 10.1 Å². The van der Waals surface area contributed by atoms with E-state index in [0.717, 1.165) is 23.7 Å². The van der Waals surface area contributed by atoms with Gasteiger partial charge in [0.15, 0.2) is 0 Å². The Morgan fingerprint density at radius 2 is 2.11 bits per heavy atom. The van der Waals surface area contributed by atoms with E-state index in [0.29, 0.717) is 12.1 Å². The van der Waals surface area contributed by atoms with Gasteiger partial charge in [-0.15, -0.1) is 0 Å². The molecule has 19 heavy (non-hydrogen) atoms. The van der Waals surface area contributed by atoms with Crippen LogP contribution in [-0.2, 0) is 0 Å². The first-order chi connectivity index (χ1) is 9.06. The lowest BCUT2D eigenvalue weighted by Gasteiger charge is -2.24. The van der Waals surface area contributed by atoms with Crippen molar-refractivity contribution in [3.8, 4) is 0 Å². The van der Waals surface area contributed by atoms with Gasteiger partial charge in [0.25, 0.3) is 0 Å². The average Bonchev–Trinajstić information content (AvgIpc) is 2.35. The molecule has 0 fully saturated rings. The Labute approximate surface area is 115 Å². The Kier molecular flexibility index (Phi) is 4.20. The quantitative estimate of drug-likeness (QED) is 0.632. The van der Waals surface area contributed by atoms with E-state index in [-0.39, 0.29) is 0 Å². The Bertz CT molecular complexity index is 505. The predicted octanol–water partition coefficient (Wildman–Crippen LogP) is 2.43. The molecule has 2 rings (SSSR count). The van der Waals surface area contributed by atoms with E-state index in [4.69, 9.17) is 0 Å². The minimum atomic E-state index is 0.340. The van der Waals surface area contributed by atoms with Gasteiger partial charge in [-0.1, -0.05) is 24.3 Å². The third kappa shape index (κ3) is 3.56. The van der Waals surface area contributed by atoms with Crippen molar-refractivity contribution >= 4 is 11.7 Å². The third-order valence-electron chi connectivity index (χ3n) is 3.29. The van der Waals surface area contributed by atoms with E-state index in [1.54, 1.807) is 0 Å².